The van der Waals surface area contributed by atoms with Gasteiger partial charge in [0.05, 0.1) is 76.9 Å². The average Bonchev–Trinajstić information content (AvgIpc) is 3.71. The second-order valence-electron chi connectivity index (χ2n) is 10.8. The van der Waals surface area contributed by atoms with E-state index in [1.807, 2.05) is 94.1 Å². The van der Waals surface area contributed by atoms with Crippen LogP contribution in [0.3, 0.4) is 0 Å². The molecule has 15 heteroatoms. The number of aromatic amines is 1. The van der Waals surface area contributed by atoms with Crippen molar-refractivity contribution in [3.63, 3.8) is 0 Å². The summed E-state index contributed by atoms with van der Waals surface area (Å²) in [4.78, 5) is 7.73. The molecule has 0 aliphatic rings. The molecule has 12 nitrogen and oxygen atoms in total. The monoisotopic (exact) mass is 828 g/mol. The molecule has 0 unspecified atom stereocenters. The van der Waals surface area contributed by atoms with Crippen LogP contribution in [-0.4, -0.2) is 95.3 Å². The molecule has 4 aromatic carbocycles. The van der Waals surface area contributed by atoms with Gasteiger partial charge >= 0.3 is 0 Å². The van der Waals surface area contributed by atoms with Crippen molar-refractivity contribution in [3.05, 3.63) is 89.7 Å². The number of imidazole rings is 2. The van der Waals surface area contributed by atoms with Gasteiger partial charge in [-0.2, -0.15) is 0 Å². The molecule has 6 rings (SSSR count). The fraction of sp³-hybridized carbons (Fsp3) is 0.316. The SMILES string of the molecule is COc1cccc(OC)c1OCCBr.COc1cccc(OC)c1OCCSc1nc2ccccc2n1CCO.OCCn1c(=S)[nH]c2ccccc21. The van der Waals surface area contributed by atoms with E-state index in [1.54, 1.807) is 40.2 Å². The van der Waals surface area contributed by atoms with Crippen LogP contribution >= 0.6 is 39.9 Å². The zero-order chi connectivity index (χ0) is 38.0. The Morgan fingerprint density at radius 2 is 1.19 bits per heavy atom. The van der Waals surface area contributed by atoms with Crippen LogP contribution in [0.25, 0.3) is 22.1 Å². The normalized spacial score (nSPS) is 10.5. The standard InChI is InChI=1S/C19H22N2O4S.C10H13BrO3.C9H10N2OS/c1-23-16-8-5-9-17(24-2)18(16)25-12-13-26-19-20-14-6-3-4-7-15(14)21(19)10-11-22;1-12-8-4-3-5-9(13-2)10(8)14-7-6-11;12-6-5-11-8-4-2-1-3-7(8)10-9(11)13/h3-9,22H,10-13H2,1-2H3;3-5H,6-7H2,1-2H3;1-4,12H,5-6H2,(H,10,13). The van der Waals surface area contributed by atoms with Crippen molar-refractivity contribution in [1.29, 1.82) is 0 Å². The Hall–Kier alpha value is -4.41. The molecular weight excluding hydrogens is 784 g/mol. The smallest absolute Gasteiger partial charge is 0.203 e. The van der Waals surface area contributed by atoms with E-state index in [1.165, 1.54) is 0 Å². The number of para-hydroxylation sites is 6. The lowest BCUT2D eigenvalue weighted by Gasteiger charge is -2.14. The largest absolute Gasteiger partial charge is 0.493 e. The zero-order valence-electron chi connectivity index (χ0n) is 30.1. The first-order valence-corrected chi connectivity index (χ1v) is 19.2. The van der Waals surface area contributed by atoms with Crippen molar-refractivity contribution in [3.8, 4) is 34.5 Å². The Morgan fingerprint density at radius 3 is 1.74 bits per heavy atom. The second kappa shape index (κ2) is 22.0. The van der Waals surface area contributed by atoms with Crippen LogP contribution < -0.4 is 28.4 Å². The van der Waals surface area contributed by atoms with Gasteiger partial charge in [-0.3, -0.25) is 0 Å². The fourth-order valence-corrected chi connectivity index (χ4v) is 6.56. The topological polar surface area (TPSA) is 134 Å². The minimum absolute atomic E-state index is 0.0722. The van der Waals surface area contributed by atoms with Crippen LogP contribution in [0.15, 0.2) is 90.1 Å². The van der Waals surface area contributed by atoms with Gasteiger partial charge < -0.3 is 52.8 Å². The Morgan fingerprint density at radius 1 is 0.679 bits per heavy atom. The maximum Gasteiger partial charge on any atom is 0.203 e. The minimum atomic E-state index is 0.0722. The number of H-pyrrole nitrogens is 1. The quantitative estimate of drug-likeness (QED) is 0.0391. The highest BCUT2D eigenvalue weighted by atomic mass is 79.9. The summed E-state index contributed by atoms with van der Waals surface area (Å²) in [5.74, 6) is 4.61. The van der Waals surface area contributed by atoms with Crippen LogP contribution in [0.4, 0.5) is 0 Å². The highest BCUT2D eigenvalue weighted by Gasteiger charge is 2.14. The molecule has 0 fully saturated rings. The number of fused-ring (bicyclic) bond motifs is 2. The Balaban J connectivity index is 0.000000196. The summed E-state index contributed by atoms with van der Waals surface area (Å²) in [6, 6.07) is 26.9. The molecule has 2 heterocycles. The first-order valence-electron chi connectivity index (χ1n) is 16.6. The van der Waals surface area contributed by atoms with Crippen molar-refractivity contribution < 1.29 is 38.6 Å². The Labute approximate surface area is 326 Å². The van der Waals surface area contributed by atoms with Crippen LogP contribution in [0.1, 0.15) is 0 Å². The summed E-state index contributed by atoms with van der Waals surface area (Å²) in [7, 11) is 6.42. The van der Waals surface area contributed by atoms with E-state index in [2.05, 4.69) is 25.9 Å². The molecule has 0 aliphatic carbocycles. The van der Waals surface area contributed by atoms with Crippen molar-refractivity contribution in [1.82, 2.24) is 19.1 Å². The van der Waals surface area contributed by atoms with Crippen molar-refractivity contribution in [2.24, 2.45) is 0 Å². The number of aliphatic hydroxyl groups excluding tert-OH is 2. The summed E-state index contributed by atoms with van der Waals surface area (Å²) in [6.07, 6.45) is 0. The third kappa shape index (κ3) is 11.1. The van der Waals surface area contributed by atoms with Crippen molar-refractivity contribution in [2.75, 3.05) is 65.9 Å². The van der Waals surface area contributed by atoms with Crippen LogP contribution in [0, 0.1) is 4.77 Å². The van der Waals surface area contributed by atoms with Crippen LogP contribution in [0.2, 0.25) is 0 Å². The van der Waals surface area contributed by atoms with Gasteiger partial charge in [0, 0.05) is 24.2 Å². The van der Waals surface area contributed by atoms with E-state index >= 15 is 0 Å². The minimum Gasteiger partial charge on any atom is -0.493 e. The van der Waals surface area contributed by atoms with Gasteiger partial charge in [0.2, 0.25) is 11.5 Å². The molecule has 0 atom stereocenters. The molecule has 0 saturated heterocycles. The van der Waals surface area contributed by atoms with Gasteiger partial charge in [-0.05, 0) is 60.7 Å². The van der Waals surface area contributed by atoms with Crippen molar-refractivity contribution in [2.45, 2.75) is 18.2 Å². The third-order valence-electron chi connectivity index (χ3n) is 7.60. The molecule has 0 spiro atoms. The van der Waals surface area contributed by atoms with Gasteiger partial charge in [0.1, 0.15) is 0 Å². The molecule has 3 N–H and O–H groups in total. The first-order chi connectivity index (χ1) is 25.9. The molecule has 0 bridgehead atoms. The number of aromatic nitrogens is 4. The number of nitrogens with zero attached hydrogens (tertiary/aromatic N) is 3. The number of thioether (sulfide) groups is 1. The molecule has 53 heavy (non-hydrogen) atoms. The van der Waals surface area contributed by atoms with E-state index in [4.69, 9.17) is 45.7 Å². The fourth-order valence-electron chi connectivity index (χ4n) is 5.24. The molecule has 6 aromatic rings. The molecule has 0 amide bonds. The summed E-state index contributed by atoms with van der Waals surface area (Å²) < 4.78 is 37.0. The number of rotatable bonds is 16. The lowest BCUT2D eigenvalue weighted by Crippen LogP contribution is -2.06. The van der Waals surface area contributed by atoms with Crippen LogP contribution in [-0.2, 0) is 13.1 Å². The summed E-state index contributed by atoms with van der Waals surface area (Å²) in [6.45, 7) is 2.30. The van der Waals surface area contributed by atoms with E-state index < -0.39 is 0 Å². The number of ether oxygens (including phenoxy) is 6. The number of alkyl halides is 1. The number of halogens is 1. The van der Waals surface area contributed by atoms with Gasteiger partial charge in [-0.1, -0.05) is 64.1 Å². The average molecular weight is 830 g/mol. The summed E-state index contributed by atoms with van der Waals surface area (Å²) in [5.41, 5.74) is 4.01. The van der Waals surface area contributed by atoms with Gasteiger partial charge in [-0.15, -0.1) is 0 Å². The number of hydrogen-bond donors (Lipinski definition) is 3. The Bertz CT molecular complexity index is 2030. The number of methoxy groups -OCH3 is 4. The second-order valence-corrected chi connectivity index (χ2v) is 13.0. The van der Waals surface area contributed by atoms with E-state index in [-0.39, 0.29) is 13.2 Å². The van der Waals surface area contributed by atoms with E-state index in [0.29, 0.717) is 71.3 Å². The van der Waals surface area contributed by atoms with Gasteiger partial charge in [-0.25, -0.2) is 4.98 Å². The van der Waals surface area contributed by atoms with Crippen LogP contribution in [0.5, 0.6) is 34.5 Å². The first kappa shape index (κ1) is 41.3. The third-order valence-corrected chi connectivity index (χ3v) is 9.18. The van der Waals surface area contributed by atoms with Crippen molar-refractivity contribution >= 4 is 62.0 Å². The molecule has 2 aromatic heterocycles. The lowest BCUT2D eigenvalue weighted by atomic mass is 10.3. The summed E-state index contributed by atoms with van der Waals surface area (Å²) >= 11 is 10.0. The maximum atomic E-state index is 9.35. The zero-order valence-corrected chi connectivity index (χ0v) is 33.3. The highest BCUT2D eigenvalue weighted by Crippen LogP contribution is 2.38. The lowest BCUT2D eigenvalue weighted by molar-refractivity contribution is 0.273. The molecular formula is C38H45BrN4O8S2. The molecule has 0 aliphatic heterocycles. The Kier molecular flexibility index (Phi) is 17.1. The highest BCUT2D eigenvalue weighted by molar-refractivity contribution is 9.09. The maximum absolute atomic E-state index is 9.35. The molecule has 0 radical (unpaired) electrons. The molecule has 284 valence electrons. The molecule has 0 saturated carbocycles. The predicted molar refractivity (Wildman–Crippen MR) is 216 cm³/mol. The van der Waals surface area contributed by atoms with E-state index in [9.17, 15) is 5.11 Å². The van der Waals surface area contributed by atoms with Gasteiger partial charge in [0.15, 0.2) is 32.9 Å². The number of aliphatic hydroxyl groups is 2. The predicted octanol–water partition coefficient (Wildman–Crippen LogP) is 7.39. The number of benzene rings is 4. The number of nitrogens with one attached hydrogen (secondary N) is 1. The van der Waals surface area contributed by atoms with E-state index in [0.717, 1.165) is 32.6 Å². The van der Waals surface area contributed by atoms with Gasteiger partial charge in [0.25, 0.3) is 0 Å². The number of hydrogen-bond acceptors (Lipinski definition) is 11. The summed E-state index contributed by atoms with van der Waals surface area (Å²) in [5, 5.41) is 19.8.